The second-order valence-electron chi connectivity index (χ2n) is 5.39. The molecule has 0 aliphatic rings. The van der Waals surface area contributed by atoms with Crippen molar-refractivity contribution in [2.24, 2.45) is 0 Å². The Morgan fingerprint density at radius 1 is 1.24 bits per heavy atom. The van der Waals surface area contributed by atoms with Crippen LogP contribution >= 0.6 is 15.9 Å². The lowest BCUT2D eigenvalue weighted by Crippen LogP contribution is -2.25. The summed E-state index contributed by atoms with van der Waals surface area (Å²) >= 11 is 3.10. The highest BCUT2D eigenvalue weighted by Gasteiger charge is 2.11. The fraction of sp³-hybridized carbons (Fsp3) is 0.158. The molecular formula is C19H17BrN2O3. The second-order valence-corrected chi connectivity index (χ2v) is 6.24. The molecule has 2 rings (SSSR count). The molecule has 3 N–H and O–H groups in total. The average molecular weight is 401 g/mol. The number of rotatable bonds is 6. The van der Waals surface area contributed by atoms with E-state index in [1.165, 1.54) is 23.8 Å². The van der Waals surface area contributed by atoms with Crippen molar-refractivity contribution in [1.82, 2.24) is 5.32 Å². The van der Waals surface area contributed by atoms with Crippen LogP contribution in [0.25, 0.3) is 6.08 Å². The minimum absolute atomic E-state index is 0.0725. The van der Waals surface area contributed by atoms with E-state index in [-0.39, 0.29) is 21.5 Å². The Balaban J connectivity index is 1.95. The minimum Gasteiger partial charge on any atom is -0.504 e. The number of benzene rings is 2. The van der Waals surface area contributed by atoms with Crippen molar-refractivity contribution in [3.63, 3.8) is 0 Å². The SMILES string of the molecule is N#CC(=Cc1cc(O)c(O)c(Br)c1)C(=O)NCCCc1ccccc1. The van der Waals surface area contributed by atoms with Crippen LogP contribution in [0.2, 0.25) is 0 Å². The lowest BCUT2D eigenvalue weighted by atomic mass is 10.1. The molecule has 6 heteroatoms. The number of hydrogen-bond acceptors (Lipinski definition) is 4. The summed E-state index contributed by atoms with van der Waals surface area (Å²) in [6.07, 6.45) is 2.96. The molecule has 2 aromatic rings. The van der Waals surface area contributed by atoms with E-state index in [1.807, 2.05) is 36.4 Å². The predicted molar refractivity (Wildman–Crippen MR) is 98.8 cm³/mol. The molecule has 0 heterocycles. The Hall–Kier alpha value is -2.78. The van der Waals surface area contributed by atoms with Crippen LogP contribution < -0.4 is 5.32 Å². The lowest BCUT2D eigenvalue weighted by molar-refractivity contribution is -0.117. The maximum atomic E-state index is 12.1. The third-order valence-electron chi connectivity index (χ3n) is 3.51. The largest absolute Gasteiger partial charge is 0.504 e. The van der Waals surface area contributed by atoms with Crippen LogP contribution in [0.1, 0.15) is 17.5 Å². The van der Waals surface area contributed by atoms with Crippen LogP contribution in [0.5, 0.6) is 11.5 Å². The van der Waals surface area contributed by atoms with Gasteiger partial charge in [-0.2, -0.15) is 5.26 Å². The van der Waals surface area contributed by atoms with Gasteiger partial charge < -0.3 is 15.5 Å². The van der Waals surface area contributed by atoms with Crippen LogP contribution in [-0.2, 0) is 11.2 Å². The van der Waals surface area contributed by atoms with Crippen molar-refractivity contribution in [1.29, 1.82) is 5.26 Å². The van der Waals surface area contributed by atoms with Crippen molar-refractivity contribution >= 4 is 27.9 Å². The van der Waals surface area contributed by atoms with Gasteiger partial charge in [0.15, 0.2) is 11.5 Å². The van der Waals surface area contributed by atoms with E-state index in [9.17, 15) is 20.3 Å². The highest BCUT2D eigenvalue weighted by molar-refractivity contribution is 9.10. The fourth-order valence-electron chi connectivity index (χ4n) is 2.24. The summed E-state index contributed by atoms with van der Waals surface area (Å²) < 4.78 is 0.277. The predicted octanol–water partition coefficient (Wildman–Crippen LogP) is 3.52. The quantitative estimate of drug-likeness (QED) is 0.299. The van der Waals surface area contributed by atoms with Gasteiger partial charge in [-0.1, -0.05) is 30.3 Å². The Labute approximate surface area is 154 Å². The van der Waals surface area contributed by atoms with Gasteiger partial charge in [-0.25, -0.2) is 0 Å². The van der Waals surface area contributed by atoms with Gasteiger partial charge in [0.25, 0.3) is 5.91 Å². The number of aryl methyl sites for hydroxylation is 1. The first-order valence-electron chi connectivity index (χ1n) is 7.66. The van der Waals surface area contributed by atoms with E-state index in [2.05, 4.69) is 21.2 Å². The maximum absolute atomic E-state index is 12.1. The van der Waals surface area contributed by atoms with Crippen LogP contribution in [0.4, 0.5) is 0 Å². The molecule has 0 fully saturated rings. The molecule has 1 amide bonds. The third-order valence-corrected chi connectivity index (χ3v) is 4.12. The summed E-state index contributed by atoms with van der Waals surface area (Å²) in [6, 6.07) is 14.6. The minimum atomic E-state index is -0.473. The molecule has 0 aliphatic carbocycles. The Kier molecular flexibility index (Phi) is 6.61. The lowest BCUT2D eigenvalue weighted by Gasteiger charge is -2.06. The number of phenols is 2. The molecule has 0 atom stereocenters. The third kappa shape index (κ3) is 5.37. The first-order chi connectivity index (χ1) is 12.0. The first kappa shape index (κ1) is 18.6. The van der Waals surface area contributed by atoms with Crippen molar-refractivity contribution in [2.75, 3.05) is 6.54 Å². The number of nitrogens with zero attached hydrogens (tertiary/aromatic N) is 1. The van der Waals surface area contributed by atoms with Crippen molar-refractivity contribution in [3.05, 3.63) is 63.6 Å². The molecule has 0 radical (unpaired) electrons. The standard InChI is InChI=1S/C19H17BrN2O3/c20-16-10-14(11-17(23)18(16)24)9-15(12-21)19(25)22-8-4-7-13-5-2-1-3-6-13/h1-3,5-6,9-11,23-24H,4,7-8H2,(H,22,25). The maximum Gasteiger partial charge on any atom is 0.261 e. The van der Waals surface area contributed by atoms with Gasteiger partial charge in [-0.05, 0) is 58.1 Å². The smallest absolute Gasteiger partial charge is 0.261 e. The van der Waals surface area contributed by atoms with Crippen molar-refractivity contribution < 1.29 is 15.0 Å². The fourth-order valence-corrected chi connectivity index (χ4v) is 2.71. The van der Waals surface area contributed by atoms with Gasteiger partial charge in [0.2, 0.25) is 0 Å². The normalized spacial score (nSPS) is 11.0. The number of carbonyl (C=O) groups excluding carboxylic acids is 1. The first-order valence-corrected chi connectivity index (χ1v) is 8.46. The highest BCUT2D eigenvalue weighted by Crippen LogP contribution is 2.34. The van der Waals surface area contributed by atoms with Gasteiger partial charge in [0.1, 0.15) is 11.6 Å². The van der Waals surface area contributed by atoms with Crippen LogP contribution in [-0.4, -0.2) is 22.7 Å². The number of carbonyl (C=O) groups is 1. The summed E-state index contributed by atoms with van der Waals surface area (Å²) in [5.41, 5.74) is 1.55. The van der Waals surface area contributed by atoms with E-state index >= 15 is 0 Å². The molecule has 0 spiro atoms. The monoisotopic (exact) mass is 400 g/mol. The number of hydrogen-bond donors (Lipinski definition) is 3. The van der Waals surface area contributed by atoms with Gasteiger partial charge in [0.05, 0.1) is 4.47 Å². The molecule has 5 nitrogen and oxygen atoms in total. The number of phenolic OH excluding ortho intramolecular Hbond substituents is 2. The summed E-state index contributed by atoms with van der Waals surface area (Å²) in [4.78, 5) is 12.1. The van der Waals surface area contributed by atoms with E-state index in [0.717, 1.165) is 12.8 Å². The van der Waals surface area contributed by atoms with E-state index in [0.29, 0.717) is 12.1 Å². The molecule has 2 aromatic carbocycles. The number of amides is 1. The van der Waals surface area contributed by atoms with Crippen molar-refractivity contribution in [3.8, 4) is 17.6 Å². The average Bonchev–Trinajstić information content (AvgIpc) is 2.61. The molecule has 0 bridgehead atoms. The molecule has 0 aliphatic heterocycles. The van der Waals surface area contributed by atoms with Crippen LogP contribution in [0.3, 0.4) is 0 Å². The Morgan fingerprint density at radius 3 is 2.60 bits per heavy atom. The number of nitrogens with one attached hydrogen (secondary N) is 1. The number of nitriles is 1. The van der Waals surface area contributed by atoms with E-state index in [1.54, 1.807) is 0 Å². The van der Waals surface area contributed by atoms with E-state index < -0.39 is 5.91 Å². The van der Waals surface area contributed by atoms with Crippen LogP contribution in [0.15, 0.2) is 52.5 Å². The van der Waals surface area contributed by atoms with E-state index in [4.69, 9.17) is 0 Å². The zero-order valence-electron chi connectivity index (χ0n) is 13.4. The topological polar surface area (TPSA) is 93.3 Å². The molecule has 0 unspecified atom stereocenters. The van der Waals surface area contributed by atoms with Gasteiger partial charge in [0, 0.05) is 6.54 Å². The zero-order chi connectivity index (χ0) is 18.2. The summed E-state index contributed by atoms with van der Waals surface area (Å²) in [5, 5.41) is 31.0. The van der Waals surface area contributed by atoms with Crippen molar-refractivity contribution in [2.45, 2.75) is 12.8 Å². The summed E-state index contributed by atoms with van der Waals surface area (Å²) in [5.74, 6) is -1.10. The molecule has 25 heavy (non-hydrogen) atoms. The molecular weight excluding hydrogens is 384 g/mol. The molecule has 0 saturated carbocycles. The number of halogens is 1. The Bertz CT molecular complexity index is 803. The van der Waals surface area contributed by atoms with Gasteiger partial charge in [-0.3, -0.25) is 4.79 Å². The molecule has 0 saturated heterocycles. The summed E-state index contributed by atoms with van der Waals surface area (Å²) in [6.45, 7) is 0.456. The zero-order valence-corrected chi connectivity index (χ0v) is 15.0. The Morgan fingerprint density at radius 2 is 1.96 bits per heavy atom. The number of aromatic hydroxyl groups is 2. The van der Waals surface area contributed by atoms with Gasteiger partial charge >= 0.3 is 0 Å². The highest BCUT2D eigenvalue weighted by atomic mass is 79.9. The summed E-state index contributed by atoms with van der Waals surface area (Å²) in [7, 11) is 0. The molecule has 128 valence electrons. The second kappa shape index (κ2) is 8.90. The van der Waals surface area contributed by atoms with Crippen LogP contribution in [0, 0.1) is 11.3 Å². The van der Waals surface area contributed by atoms with Gasteiger partial charge in [-0.15, -0.1) is 0 Å². The molecule has 0 aromatic heterocycles.